The van der Waals surface area contributed by atoms with E-state index in [1.165, 1.54) is 35.6 Å². The largest absolute Gasteiger partial charge is 0.416 e. The Morgan fingerprint density at radius 3 is 2.63 bits per heavy atom. The number of amides is 1. The Morgan fingerprint density at radius 1 is 1.17 bits per heavy atom. The van der Waals surface area contributed by atoms with Crippen molar-refractivity contribution in [3.63, 3.8) is 0 Å². The first-order valence-electron chi connectivity index (χ1n) is 8.55. The maximum Gasteiger partial charge on any atom is 0.416 e. The Morgan fingerprint density at radius 2 is 1.93 bits per heavy atom. The number of thiophene rings is 1. The molecule has 0 aliphatic heterocycles. The Kier molecular flexibility index (Phi) is 6.59. The van der Waals surface area contributed by atoms with Gasteiger partial charge in [0.25, 0.3) is 0 Å². The number of hydrogen-bond acceptors (Lipinski definition) is 3. The summed E-state index contributed by atoms with van der Waals surface area (Å²) in [5, 5.41) is 6.58. The molecule has 3 rings (SSSR count). The van der Waals surface area contributed by atoms with Gasteiger partial charge in [-0.25, -0.2) is 4.99 Å². The molecule has 0 aliphatic carbocycles. The molecule has 4 nitrogen and oxygen atoms in total. The Bertz CT molecular complexity index is 1110. The van der Waals surface area contributed by atoms with Crippen LogP contribution in [0.2, 0.25) is 5.02 Å². The maximum absolute atomic E-state index is 13.0. The molecule has 0 radical (unpaired) electrons. The van der Waals surface area contributed by atoms with Gasteiger partial charge in [0.2, 0.25) is 5.91 Å². The van der Waals surface area contributed by atoms with Crippen LogP contribution in [-0.4, -0.2) is 11.7 Å². The average Bonchev–Trinajstić information content (AvgIpc) is 3.20. The molecule has 0 fully saturated rings. The Labute approximate surface area is 179 Å². The van der Waals surface area contributed by atoms with E-state index in [-0.39, 0.29) is 5.56 Å². The highest BCUT2D eigenvalue weighted by Gasteiger charge is 2.32. The van der Waals surface area contributed by atoms with E-state index in [0.29, 0.717) is 22.2 Å². The van der Waals surface area contributed by atoms with Crippen molar-refractivity contribution in [3.8, 4) is 0 Å². The van der Waals surface area contributed by atoms with Crippen LogP contribution in [0.15, 0.2) is 70.4 Å². The van der Waals surface area contributed by atoms with Crippen LogP contribution in [0.3, 0.4) is 0 Å². The second kappa shape index (κ2) is 9.15. The Hall–Kier alpha value is -3.10. The van der Waals surface area contributed by atoms with Gasteiger partial charge >= 0.3 is 6.18 Å². The summed E-state index contributed by atoms with van der Waals surface area (Å²) in [5.74, 6) is -0.325. The molecule has 0 aliphatic rings. The fourth-order valence-corrected chi connectivity index (χ4v) is 3.45. The first kappa shape index (κ1) is 21.6. The molecule has 0 unspecified atom stereocenters. The molecule has 0 spiro atoms. The highest BCUT2D eigenvalue weighted by atomic mass is 35.5. The Balaban J connectivity index is 1.77. The van der Waals surface area contributed by atoms with Gasteiger partial charge in [-0.1, -0.05) is 29.8 Å². The molecule has 0 bridgehead atoms. The van der Waals surface area contributed by atoms with Gasteiger partial charge in [-0.05, 0) is 47.4 Å². The minimum atomic E-state index is -4.51. The highest BCUT2D eigenvalue weighted by molar-refractivity contribution is 7.08. The number of nitrogens with two attached hydrogens (primary N) is 1. The van der Waals surface area contributed by atoms with Gasteiger partial charge in [0.1, 0.15) is 5.84 Å². The molecule has 30 heavy (non-hydrogen) atoms. The zero-order valence-corrected chi connectivity index (χ0v) is 16.9. The number of rotatable bonds is 5. The number of halogens is 4. The number of aliphatic imine (C=N–C) groups is 1. The number of anilines is 1. The first-order valence-corrected chi connectivity index (χ1v) is 9.87. The highest BCUT2D eigenvalue weighted by Crippen LogP contribution is 2.32. The zero-order chi connectivity index (χ0) is 21.7. The summed E-state index contributed by atoms with van der Waals surface area (Å²) in [5.41, 5.74) is 6.54. The summed E-state index contributed by atoms with van der Waals surface area (Å²) in [6.45, 7) is 0. The minimum absolute atomic E-state index is 0.111. The summed E-state index contributed by atoms with van der Waals surface area (Å²) in [7, 11) is 0. The fraction of sp³-hybridized carbons (Fsp3) is 0.0476. The van der Waals surface area contributed by atoms with Crippen molar-refractivity contribution in [2.24, 2.45) is 10.7 Å². The number of alkyl halides is 3. The van der Waals surface area contributed by atoms with Gasteiger partial charge in [-0.15, -0.1) is 0 Å². The number of benzene rings is 2. The molecule has 3 aromatic rings. The SMILES string of the molecule is NC(=Nc1cc(Cl)cc(NC(=O)C=Cc2ccccc2C(F)(F)F)c1)c1ccsc1. The summed E-state index contributed by atoms with van der Waals surface area (Å²) in [6.07, 6.45) is -2.38. The quantitative estimate of drug-likeness (QED) is 0.280. The molecule has 1 aromatic heterocycles. The number of amidine groups is 1. The molecular formula is C21H15ClF3N3OS. The van der Waals surface area contributed by atoms with E-state index in [0.717, 1.165) is 23.8 Å². The second-order valence-electron chi connectivity index (χ2n) is 6.11. The van der Waals surface area contributed by atoms with Crippen LogP contribution < -0.4 is 11.1 Å². The average molecular weight is 450 g/mol. The molecule has 0 saturated carbocycles. The summed E-state index contributed by atoms with van der Waals surface area (Å²) in [4.78, 5) is 16.5. The van der Waals surface area contributed by atoms with Crippen molar-refractivity contribution in [1.82, 2.24) is 0 Å². The van der Waals surface area contributed by atoms with Gasteiger partial charge in [0.05, 0.1) is 11.3 Å². The first-order chi connectivity index (χ1) is 14.2. The lowest BCUT2D eigenvalue weighted by Gasteiger charge is -2.09. The molecular weight excluding hydrogens is 435 g/mol. The van der Waals surface area contributed by atoms with Gasteiger partial charge in [-0.2, -0.15) is 24.5 Å². The zero-order valence-electron chi connectivity index (χ0n) is 15.3. The van der Waals surface area contributed by atoms with E-state index in [1.807, 2.05) is 16.8 Å². The van der Waals surface area contributed by atoms with E-state index < -0.39 is 17.6 Å². The molecule has 0 saturated heterocycles. The van der Waals surface area contributed by atoms with Crippen LogP contribution >= 0.6 is 22.9 Å². The van der Waals surface area contributed by atoms with Gasteiger partial charge < -0.3 is 11.1 Å². The number of nitrogens with one attached hydrogen (secondary N) is 1. The lowest BCUT2D eigenvalue weighted by molar-refractivity contribution is -0.137. The van der Waals surface area contributed by atoms with E-state index >= 15 is 0 Å². The lowest BCUT2D eigenvalue weighted by Crippen LogP contribution is -2.11. The van der Waals surface area contributed by atoms with Gasteiger partial charge in [0.15, 0.2) is 0 Å². The molecule has 3 N–H and O–H groups in total. The third-order valence-electron chi connectivity index (χ3n) is 3.90. The van der Waals surface area contributed by atoms with E-state index in [1.54, 1.807) is 12.1 Å². The molecule has 154 valence electrons. The van der Waals surface area contributed by atoms with Crippen molar-refractivity contribution in [1.29, 1.82) is 0 Å². The third kappa shape index (κ3) is 5.71. The molecule has 1 heterocycles. The second-order valence-corrected chi connectivity index (χ2v) is 7.33. The van der Waals surface area contributed by atoms with Crippen molar-refractivity contribution in [3.05, 3.63) is 87.1 Å². The molecule has 0 atom stereocenters. The normalized spacial score (nSPS) is 12.3. The third-order valence-corrected chi connectivity index (χ3v) is 4.80. The van der Waals surface area contributed by atoms with E-state index in [9.17, 15) is 18.0 Å². The lowest BCUT2D eigenvalue weighted by atomic mass is 10.1. The smallest absolute Gasteiger partial charge is 0.383 e. The van der Waals surface area contributed by atoms with Crippen molar-refractivity contribution >= 4 is 52.1 Å². The number of nitrogens with zero attached hydrogens (tertiary/aromatic N) is 1. The summed E-state index contributed by atoms with van der Waals surface area (Å²) < 4.78 is 39.1. The van der Waals surface area contributed by atoms with Gasteiger partial charge in [0, 0.05) is 27.7 Å². The van der Waals surface area contributed by atoms with Crippen LogP contribution in [0.5, 0.6) is 0 Å². The predicted molar refractivity (Wildman–Crippen MR) is 115 cm³/mol. The topological polar surface area (TPSA) is 67.5 Å². The summed E-state index contributed by atoms with van der Waals surface area (Å²) in [6, 6.07) is 11.4. The van der Waals surface area contributed by atoms with Crippen molar-refractivity contribution in [2.45, 2.75) is 6.18 Å². The number of carbonyl (C=O) groups is 1. The molecule has 9 heteroatoms. The minimum Gasteiger partial charge on any atom is -0.383 e. The number of carbonyl (C=O) groups excluding carboxylic acids is 1. The van der Waals surface area contributed by atoms with Crippen LogP contribution in [0.4, 0.5) is 24.5 Å². The van der Waals surface area contributed by atoms with Crippen molar-refractivity contribution in [2.75, 3.05) is 5.32 Å². The van der Waals surface area contributed by atoms with Crippen LogP contribution in [0, 0.1) is 0 Å². The van der Waals surface area contributed by atoms with Crippen LogP contribution in [-0.2, 0) is 11.0 Å². The van der Waals surface area contributed by atoms with Crippen LogP contribution in [0.1, 0.15) is 16.7 Å². The van der Waals surface area contributed by atoms with Crippen molar-refractivity contribution < 1.29 is 18.0 Å². The number of hydrogen-bond donors (Lipinski definition) is 2. The fourth-order valence-electron chi connectivity index (χ4n) is 2.57. The molecule has 2 aromatic carbocycles. The standard InChI is InChI=1S/C21H15ClF3N3OS/c22-15-9-16(11-17(10-15)28-20(26)14-7-8-30-12-14)27-19(29)6-5-13-3-1-2-4-18(13)21(23,24)25/h1-12H,(H2,26,28)(H,27,29). The monoisotopic (exact) mass is 449 g/mol. The summed E-state index contributed by atoms with van der Waals surface area (Å²) >= 11 is 7.56. The predicted octanol–water partition coefficient (Wildman–Crippen LogP) is 6.11. The van der Waals surface area contributed by atoms with E-state index in [2.05, 4.69) is 10.3 Å². The van der Waals surface area contributed by atoms with Crippen LogP contribution in [0.25, 0.3) is 6.08 Å². The molecule has 1 amide bonds. The van der Waals surface area contributed by atoms with E-state index in [4.69, 9.17) is 17.3 Å². The van der Waals surface area contributed by atoms with Gasteiger partial charge in [-0.3, -0.25) is 4.79 Å². The maximum atomic E-state index is 13.0.